The van der Waals surface area contributed by atoms with E-state index in [1.54, 1.807) is 0 Å². The fourth-order valence-corrected chi connectivity index (χ4v) is 2.45. The van der Waals surface area contributed by atoms with Crippen LogP contribution < -0.4 is 15.4 Å². The third-order valence-corrected chi connectivity index (χ3v) is 3.38. The zero-order valence-electron chi connectivity index (χ0n) is 9.46. The summed E-state index contributed by atoms with van der Waals surface area (Å²) in [5.41, 5.74) is 2.87. The van der Waals surface area contributed by atoms with Crippen molar-refractivity contribution in [3.8, 4) is 5.75 Å². The molecule has 1 fully saturated rings. The lowest BCUT2D eigenvalue weighted by Gasteiger charge is -2.19. The molecule has 3 nitrogen and oxygen atoms in total. The molecular formula is C13H18N2O. The Labute approximate surface area is 96.2 Å². The van der Waals surface area contributed by atoms with Gasteiger partial charge in [-0.25, -0.2) is 0 Å². The number of rotatable bonds is 2. The van der Waals surface area contributed by atoms with E-state index in [2.05, 4.69) is 28.8 Å². The fourth-order valence-electron chi connectivity index (χ4n) is 2.45. The predicted molar refractivity (Wildman–Crippen MR) is 63.8 cm³/mol. The van der Waals surface area contributed by atoms with Crippen LogP contribution in [0.4, 0.5) is 0 Å². The van der Waals surface area contributed by atoms with Crippen LogP contribution in [0.5, 0.6) is 5.75 Å². The summed E-state index contributed by atoms with van der Waals surface area (Å²) in [6, 6.07) is 6.52. The Morgan fingerprint density at radius 1 is 1.12 bits per heavy atom. The minimum absolute atomic E-state index is 0.356. The first-order valence-corrected chi connectivity index (χ1v) is 6.12. The summed E-state index contributed by atoms with van der Waals surface area (Å²) in [4.78, 5) is 0. The molecule has 0 amide bonds. The largest absolute Gasteiger partial charge is 0.489 e. The van der Waals surface area contributed by atoms with Gasteiger partial charge in [-0.05, 0) is 49.2 Å². The highest BCUT2D eigenvalue weighted by atomic mass is 16.5. The van der Waals surface area contributed by atoms with E-state index >= 15 is 0 Å². The van der Waals surface area contributed by atoms with Crippen molar-refractivity contribution in [1.82, 2.24) is 10.6 Å². The van der Waals surface area contributed by atoms with Gasteiger partial charge in [0.15, 0.2) is 0 Å². The van der Waals surface area contributed by atoms with Crippen molar-refractivity contribution in [2.45, 2.75) is 25.5 Å². The number of ether oxygens (including phenoxy) is 1. The highest BCUT2D eigenvalue weighted by Gasteiger charge is 2.16. The maximum Gasteiger partial charge on any atom is 0.120 e. The third-order valence-electron chi connectivity index (χ3n) is 3.38. The third kappa shape index (κ3) is 2.06. The van der Waals surface area contributed by atoms with E-state index in [4.69, 9.17) is 4.74 Å². The van der Waals surface area contributed by atoms with Gasteiger partial charge in [-0.2, -0.15) is 0 Å². The van der Waals surface area contributed by atoms with Crippen LogP contribution in [-0.2, 0) is 13.0 Å². The number of fused-ring (bicyclic) bond motifs is 1. The smallest absolute Gasteiger partial charge is 0.120 e. The van der Waals surface area contributed by atoms with Gasteiger partial charge in [0.05, 0.1) is 0 Å². The van der Waals surface area contributed by atoms with Crippen LogP contribution in [0.3, 0.4) is 0 Å². The van der Waals surface area contributed by atoms with Crippen LogP contribution in [0, 0.1) is 0 Å². The molecule has 1 saturated heterocycles. The second-order valence-electron chi connectivity index (χ2n) is 4.59. The Hall–Kier alpha value is -1.06. The van der Waals surface area contributed by atoms with Crippen molar-refractivity contribution >= 4 is 0 Å². The molecule has 0 spiro atoms. The lowest BCUT2D eigenvalue weighted by atomic mass is 10.0. The van der Waals surface area contributed by atoms with Crippen LogP contribution in [0.2, 0.25) is 0 Å². The number of nitrogens with one attached hydrogen (secondary N) is 2. The summed E-state index contributed by atoms with van der Waals surface area (Å²) in [6.45, 7) is 4.14. The number of hydrogen-bond donors (Lipinski definition) is 2. The SMILES string of the molecule is c1cc2c(cc1OC1CCNC1)CNCC2. The van der Waals surface area contributed by atoms with E-state index in [1.807, 2.05) is 0 Å². The molecule has 1 unspecified atom stereocenters. The second kappa shape index (κ2) is 4.44. The van der Waals surface area contributed by atoms with Gasteiger partial charge in [0, 0.05) is 13.1 Å². The quantitative estimate of drug-likeness (QED) is 0.779. The van der Waals surface area contributed by atoms with E-state index in [0.29, 0.717) is 6.10 Å². The Morgan fingerprint density at radius 2 is 2.12 bits per heavy atom. The van der Waals surface area contributed by atoms with Crippen molar-refractivity contribution < 1.29 is 4.74 Å². The molecule has 0 bridgehead atoms. The van der Waals surface area contributed by atoms with Gasteiger partial charge in [0.1, 0.15) is 11.9 Å². The van der Waals surface area contributed by atoms with Crippen molar-refractivity contribution in [3.63, 3.8) is 0 Å². The second-order valence-corrected chi connectivity index (χ2v) is 4.59. The first-order valence-electron chi connectivity index (χ1n) is 6.12. The summed E-state index contributed by atoms with van der Waals surface area (Å²) in [6.07, 6.45) is 2.62. The molecule has 3 rings (SSSR count). The molecule has 0 aromatic heterocycles. The molecule has 2 heterocycles. The molecule has 0 saturated carbocycles. The molecule has 0 aliphatic carbocycles. The van der Waals surface area contributed by atoms with Gasteiger partial charge in [0.2, 0.25) is 0 Å². The van der Waals surface area contributed by atoms with E-state index in [0.717, 1.165) is 44.8 Å². The van der Waals surface area contributed by atoms with Crippen LogP contribution in [0.25, 0.3) is 0 Å². The normalized spacial score (nSPS) is 24.1. The summed E-state index contributed by atoms with van der Waals surface area (Å²) in [5, 5.41) is 6.71. The average Bonchev–Trinajstić information content (AvgIpc) is 2.82. The average molecular weight is 218 g/mol. The first-order chi connectivity index (χ1) is 7.92. The summed E-state index contributed by atoms with van der Waals surface area (Å²) < 4.78 is 5.95. The van der Waals surface area contributed by atoms with Gasteiger partial charge in [-0.15, -0.1) is 0 Å². The van der Waals surface area contributed by atoms with Crippen molar-refractivity contribution in [3.05, 3.63) is 29.3 Å². The van der Waals surface area contributed by atoms with Crippen molar-refractivity contribution in [2.24, 2.45) is 0 Å². The van der Waals surface area contributed by atoms with E-state index in [9.17, 15) is 0 Å². The van der Waals surface area contributed by atoms with Gasteiger partial charge >= 0.3 is 0 Å². The van der Waals surface area contributed by atoms with Gasteiger partial charge < -0.3 is 15.4 Å². The Kier molecular flexibility index (Phi) is 2.80. The van der Waals surface area contributed by atoms with Crippen LogP contribution in [0.15, 0.2) is 18.2 Å². The topological polar surface area (TPSA) is 33.3 Å². The zero-order chi connectivity index (χ0) is 10.8. The minimum atomic E-state index is 0.356. The molecule has 3 heteroatoms. The van der Waals surface area contributed by atoms with E-state index in [1.165, 1.54) is 11.1 Å². The Balaban J connectivity index is 1.74. The highest BCUT2D eigenvalue weighted by molar-refractivity contribution is 5.37. The fraction of sp³-hybridized carbons (Fsp3) is 0.538. The molecule has 2 aliphatic rings. The Bertz CT molecular complexity index is 372. The van der Waals surface area contributed by atoms with Crippen LogP contribution >= 0.6 is 0 Å². The van der Waals surface area contributed by atoms with Gasteiger partial charge in [-0.1, -0.05) is 6.07 Å². The van der Waals surface area contributed by atoms with Crippen LogP contribution in [0.1, 0.15) is 17.5 Å². The molecule has 2 aliphatic heterocycles. The minimum Gasteiger partial charge on any atom is -0.489 e. The lowest BCUT2D eigenvalue weighted by molar-refractivity contribution is 0.222. The lowest BCUT2D eigenvalue weighted by Crippen LogP contribution is -2.24. The number of hydrogen-bond acceptors (Lipinski definition) is 3. The molecule has 16 heavy (non-hydrogen) atoms. The maximum absolute atomic E-state index is 5.95. The molecule has 1 aromatic rings. The van der Waals surface area contributed by atoms with Crippen molar-refractivity contribution in [1.29, 1.82) is 0 Å². The maximum atomic E-state index is 5.95. The molecule has 1 atom stereocenters. The molecular weight excluding hydrogens is 200 g/mol. The van der Waals surface area contributed by atoms with Gasteiger partial charge in [-0.3, -0.25) is 0 Å². The van der Waals surface area contributed by atoms with Crippen LogP contribution in [-0.4, -0.2) is 25.7 Å². The van der Waals surface area contributed by atoms with Gasteiger partial charge in [0.25, 0.3) is 0 Å². The van der Waals surface area contributed by atoms with E-state index in [-0.39, 0.29) is 0 Å². The van der Waals surface area contributed by atoms with Crippen molar-refractivity contribution in [2.75, 3.05) is 19.6 Å². The Morgan fingerprint density at radius 3 is 3.00 bits per heavy atom. The standard InChI is InChI=1S/C13H18N2O/c1-2-12(16-13-4-6-15-9-13)7-11-8-14-5-3-10(1)11/h1-2,7,13-15H,3-6,8-9H2. The highest BCUT2D eigenvalue weighted by Crippen LogP contribution is 2.22. The molecule has 2 N–H and O–H groups in total. The summed E-state index contributed by atoms with van der Waals surface area (Å²) in [7, 11) is 0. The van der Waals surface area contributed by atoms with E-state index < -0.39 is 0 Å². The summed E-state index contributed by atoms with van der Waals surface area (Å²) >= 11 is 0. The molecule has 1 aromatic carbocycles. The zero-order valence-corrected chi connectivity index (χ0v) is 9.46. The predicted octanol–water partition coefficient (Wildman–Crippen LogP) is 1.07. The first kappa shape index (κ1) is 10.1. The molecule has 0 radical (unpaired) electrons. The molecule has 86 valence electrons. The monoisotopic (exact) mass is 218 g/mol. The number of benzene rings is 1. The summed E-state index contributed by atoms with van der Waals surface area (Å²) in [5.74, 6) is 1.02.